The quantitative estimate of drug-likeness (QED) is 0.295. The maximum Gasteiger partial charge on any atom is 0.275 e. The van der Waals surface area contributed by atoms with Crippen LogP contribution in [0.15, 0.2) is 54.6 Å². The molecule has 8 nitrogen and oxygen atoms in total. The van der Waals surface area contributed by atoms with Crippen molar-refractivity contribution in [1.29, 1.82) is 0 Å². The summed E-state index contributed by atoms with van der Waals surface area (Å²) in [4.78, 5) is 38.3. The van der Waals surface area contributed by atoms with Gasteiger partial charge in [0.05, 0.1) is 19.0 Å². The maximum absolute atomic E-state index is 13.5. The number of nitrogens with zero attached hydrogens (tertiary/aromatic N) is 1. The van der Waals surface area contributed by atoms with E-state index < -0.39 is 53.6 Å². The van der Waals surface area contributed by atoms with Crippen LogP contribution in [0.5, 0.6) is 0 Å². The van der Waals surface area contributed by atoms with Gasteiger partial charge in [-0.1, -0.05) is 77.1 Å². The number of halogens is 1. The van der Waals surface area contributed by atoms with Crippen LogP contribution in [-0.2, 0) is 14.4 Å². The lowest BCUT2D eigenvalue weighted by molar-refractivity contribution is -0.177. The Morgan fingerprint density at radius 1 is 0.944 bits per heavy atom. The van der Waals surface area contributed by atoms with Crippen LogP contribution >= 0.6 is 0 Å². The van der Waals surface area contributed by atoms with Crippen LogP contribution in [0.3, 0.4) is 0 Å². The third kappa shape index (κ3) is 8.42. The average Bonchev–Trinajstić information content (AvgIpc) is 2.80. The van der Waals surface area contributed by atoms with Crippen molar-refractivity contribution in [2.75, 3.05) is 6.54 Å². The molecule has 0 aliphatic carbocycles. The van der Waals surface area contributed by atoms with Gasteiger partial charge in [0.1, 0.15) is 18.0 Å². The molecular weight excluding hydrogens is 465 g/mol. The molecule has 2 aromatic carbocycles. The first-order valence-corrected chi connectivity index (χ1v) is 11.9. The van der Waals surface area contributed by atoms with Crippen molar-refractivity contribution < 1.29 is 29.1 Å². The summed E-state index contributed by atoms with van der Waals surface area (Å²) in [5.74, 6) is -2.64. The van der Waals surface area contributed by atoms with Crippen LogP contribution in [0, 0.1) is 17.2 Å². The SMILES string of the molecule is CC(C)CN(O)C(=O)[C@@H](O)CC(=O)N[C@H](C(=O)NC(c1ccccc1)c1ccc(F)cc1)C(C)(C)C. The molecule has 36 heavy (non-hydrogen) atoms. The minimum absolute atomic E-state index is 0.00872. The van der Waals surface area contributed by atoms with Crippen molar-refractivity contribution in [2.45, 2.75) is 59.2 Å². The molecule has 0 bridgehead atoms. The normalized spacial score (nSPS) is 14.0. The fraction of sp³-hybridized carbons (Fsp3) is 0.444. The van der Waals surface area contributed by atoms with Gasteiger partial charge >= 0.3 is 0 Å². The average molecular weight is 502 g/mol. The highest BCUT2D eigenvalue weighted by atomic mass is 19.1. The van der Waals surface area contributed by atoms with Gasteiger partial charge in [-0.3, -0.25) is 19.6 Å². The van der Waals surface area contributed by atoms with Crippen molar-refractivity contribution in [3.05, 3.63) is 71.5 Å². The molecule has 0 spiro atoms. The Bertz CT molecular complexity index is 1020. The summed E-state index contributed by atoms with van der Waals surface area (Å²) in [6, 6.07) is 13.3. The van der Waals surface area contributed by atoms with Gasteiger partial charge in [0.25, 0.3) is 5.91 Å². The van der Waals surface area contributed by atoms with Crippen molar-refractivity contribution >= 4 is 17.7 Å². The van der Waals surface area contributed by atoms with E-state index >= 15 is 0 Å². The predicted octanol–water partition coefficient (Wildman–Crippen LogP) is 3.19. The molecule has 4 N–H and O–H groups in total. The Balaban J connectivity index is 2.19. The summed E-state index contributed by atoms with van der Waals surface area (Å²) in [7, 11) is 0. The summed E-state index contributed by atoms with van der Waals surface area (Å²) in [5.41, 5.74) is 0.703. The van der Waals surface area contributed by atoms with Crippen molar-refractivity contribution in [3.63, 3.8) is 0 Å². The monoisotopic (exact) mass is 501 g/mol. The van der Waals surface area contributed by atoms with E-state index in [2.05, 4.69) is 10.6 Å². The Kier molecular flexibility index (Phi) is 10.1. The Morgan fingerprint density at radius 2 is 1.50 bits per heavy atom. The summed E-state index contributed by atoms with van der Waals surface area (Å²) < 4.78 is 13.5. The molecule has 0 radical (unpaired) electrons. The number of aliphatic hydroxyl groups is 1. The van der Waals surface area contributed by atoms with Crippen molar-refractivity contribution in [1.82, 2.24) is 15.7 Å². The lowest BCUT2D eigenvalue weighted by Gasteiger charge is -2.32. The van der Waals surface area contributed by atoms with Crippen LogP contribution in [0.2, 0.25) is 0 Å². The molecule has 0 heterocycles. The molecule has 0 aliphatic rings. The first kappa shape index (κ1) is 28.9. The zero-order valence-corrected chi connectivity index (χ0v) is 21.4. The predicted molar refractivity (Wildman–Crippen MR) is 133 cm³/mol. The van der Waals surface area contributed by atoms with Gasteiger partial charge in [0, 0.05) is 0 Å². The fourth-order valence-electron chi connectivity index (χ4n) is 3.65. The van der Waals surface area contributed by atoms with Crippen LogP contribution in [-0.4, -0.2) is 51.8 Å². The summed E-state index contributed by atoms with van der Waals surface area (Å²) in [5, 5.41) is 25.9. The molecule has 0 saturated carbocycles. The van der Waals surface area contributed by atoms with E-state index in [0.717, 1.165) is 5.56 Å². The second kappa shape index (κ2) is 12.6. The van der Waals surface area contributed by atoms with Gasteiger partial charge in [-0.15, -0.1) is 0 Å². The van der Waals surface area contributed by atoms with Gasteiger partial charge < -0.3 is 15.7 Å². The van der Waals surface area contributed by atoms with E-state index in [1.165, 1.54) is 12.1 Å². The third-order valence-electron chi connectivity index (χ3n) is 5.51. The van der Waals surface area contributed by atoms with Gasteiger partial charge in [0.2, 0.25) is 11.8 Å². The molecule has 2 aromatic rings. The van der Waals surface area contributed by atoms with E-state index in [1.807, 2.05) is 30.3 Å². The van der Waals surface area contributed by atoms with E-state index in [0.29, 0.717) is 10.6 Å². The number of carbonyl (C=O) groups excluding carboxylic acids is 3. The highest BCUT2D eigenvalue weighted by Gasteiger charge is 2.35. The van der Waals surface area contributed by atoms with Crippen molar-refractivity contribution in [3.8, 4) is 0 Å². The van der Waals surface area contributed by atoms with E-state index in [4.69, 9.17) is 0 Å². The third-order valence-corrected chi connectivity index (χ3v) is 5.51. The number of hydrogen-bond donors (Lipinski definition) is 4. The minimum Gasteiger partial charge on any atom is -0.383 e. The number of amides is 3. The van der Waals surface area contributed by atoms with Crippen LogP contribution < -0.4 is 10.6 Å². The summed E-state index contributed by atoms with van der Waals surface area (Å²) >= 11 is 0. The highest BCUT2D eigenvalue weighted by Crippen LogP contribution is 2.25. The largest absolute Gasteiger partial charge is 0.383 e. The number of nitrogens with one attached hydrogen (secondary N) is 2. The first-order valence-electron chi connectivity index (χ1n) is 11.9. The molecule has 9 heteroatoms. The molecule has 0 fully saturated rings. The Hall–Kier alpha value is -3.30. The van der Waals surface area contributed by atoms with E-state index in [-0.39, 0.29) is 12.5 Å². The molecule has 0 saturated heterocycles. The summed E-state index contributed by atoms with van der Waals surface area (Å²) in [6.07, 6.45) is -2.37. The molecule has 3 atom stereocenters. The van der Waals surface area contributed by atoms with Crippen LogP contribution in [0.25, 0.3) is 0 Å². The number of hydrogen-bond acceptors (Lipinski definition) is 5. The first-order chi connectivity index (χ1) is 16.8. The number of rotatable bonds is 10. The fourth-order valence-corrected chi connectivity index (χ4v) is 3.65. The number of benzene rings is 2. The molecule has 0 aliphatic heterocycles. The number of carbonyl (C=O) groups is 3. The topological polar surface area (TPSA) is 119 Å². The van der Waals surface area contributed by atoms with Crippen LogP contribution in [0.1, 0.15) is 58.2 Å². The second-order valence-electron chi connectivity index (χ2n) is 10.3. The Morgan fingerprint density at radius 3 is 2.03 bits per heavy atom. The van der Waals surface area contributed by atoms with Gasteiger partial charge in [-0.25, -0.2) is 9.45 Å². The van der Waals surface area contributed by atoms with Gasteiger partial charge in [-0.2, -0.15) is 0 Å². The summed E-state index contributed by atoms with van der Waals surface area (Å²) in [6.45, 7) is 8.90. The van der Waals surface area contributed by atoms with Crippen molar-refractivity contribution in [2.24, 2.45) is 11.3 Å². The standard InChI is InChI=1S/C27H36FN3O5/c1-17(2)16-31(36)26(35)21(32)15-22(33)29-24(27(3,4)5)25(34)30-23(18-9-7-6-8-10-18)19-11-13-20(28)14-12-19/h6-14,17,21,23-24,32,36H,15-16H2,1-5H3,(H,29,33)(H,30,34)/t21-,23?,24+/m0/s1. The smallest absolute Gasteiger partial charge is 0.275 e. The van der Waals surface area contributed by atoms with E-state index in [1.54, 1.807) is 46.8 Å². The molecule has 3 amide bonds. The zero-order chi connectivity index (χ0) is 27.0. The second-order valence-corrected chi connectivity index (χ2v) is 10.3. The highest BCUT2D eigenvalue weighted by molar-refractivity contribution is 5.91. The maximum atomic E-state index is 13.5. The molecular formula is C27H36FN3O5. The van der Waals surface area contributed by atoms with Gasteiger partial charge in [-0.05, 0) is 34.6 Å². The molecule has 0 aromatic heterocycles. The van der Waals surface area contributed by atoms with Crippen LogP contribution in [0.4, 0.5) is 4.39 Å². The Labute approximate surface area is 211 Å². The minimum atomic E-state index is -1.76. The lowest BCUT2D eigenvalue weighted by atomic mass is 9.85. The number of hydroxylamine groups is 2. The molecule has 1 unspecified atom stereocenters. The lowest BCUT2D eigenvalue weighted by Crippen LogP contribution is -2.55. The number of aliphatic hydroxyl groups excluding tert-OH is 1. The van der Waals surface area contributed by atoms with Gasteiger partial charge in [0.15, 0.2) is 0 Å². The molecule has 196 valence electrons. The molecule has 2 rings (SSSR count). The van der Waals surface area contributed by atoms with E-state index in [9.17, 15) is 29.1 Å². The zero-order valence-electron chi connectivity index (χ0n) is 21.4.